The summed E-state index contributed by atoms with van der Waals surface area (Å²) in [6.45, 7) is 3.67. The van der Waals surface area contributed by atoms with Crippen LogP contribution in [0, 0.1) is 0 Å². The molecule has 0 saturated heterocycles. The SMILES string of the molecule is CC(C)(N)c1noc(CSc2ncns2)n1. The zero-order valence-electron chi connectivity index (χ0n) is 8.88. The van der Waals surface area contributed by atoms with Crippen molar-refractivity contribution < 1.29 is 4.52 Å². The number of aromatic nitrogens is 4. The molecule has 2 aromatic heterocycles. The number of hydrogen-bond donors (Lipinski definition) is 1. The average molecular weight is 257 g/mol. The lowest BCUT2D eigenvalue weighted by Crippen LogP contribution is -2.30. The van der Waals surface area contributed by atoms with Crippen LogP contribution < -0.4 is 5.73 Å². The van der Waals surface area contributed by atoms with E-state index in [1.165, 1.54) is 29.6 Å². The number of nitrogens with two attached hydrogens (primary N) is 1. The molecule has 8 heteroatoms. The first-order chi connectivity index (χ1) is 7.55. The van der Waals surface area contributed by atoms with Gasteiger partial charge in [-0.2, -0.15) is 9.36 Å². The van der Waals surface area contributed by atoms with E-state index in [1.807, 2.05) is 13.8 Å². The smallest absolute Gasteiger partial charge is 0.237 e. The van der Waals surface area contributed by atoms with Gasteiger partial charge in [-0.1, -0.05) is 16.9 Å². The Hall–Kier alpha value is -0.990. The first kappa shape index (κ1) is 11.5. The molecule has 86 valence electrons. The van der Waals surface area contributed by atoms with Gasteiger partial charge in [0.25, 0.3) is 0 Å². The van der Waals surface area contributed by atoms with Gasteiger partial charge in [0, 0.05) is 0 Å². The van der Waals surface area contributed by atoms with E-state index in [9.17, 15) is 0 Å². The molecule has 2 heterocycles. The van der Waals surface area contributed by atoms with E-state index >= 15 is 0 Å². The molecular formula is C8H11N5OS2. The topological polar surface area (TPSA) is 90.7 Å². The van der Waals surface area contributed by atoms with Crippen molar-refractivity contribution in [2.45, 2.75) is 29.5 Å². The summed E-state index contributed by atoms with van der Waals surface area (Å²) in [5.41, 5.74) is 5.27. The van der Waals surface area contributed by atoms with Crippen LogP contribution in [-0.4, -0.2) is 19.5 Å². The standard InChI is InChI=1S/C8H11N5OS2/c1-8(2,9)6-12-5(14-13-6)3-15-7-10-4-11-16-7/h4H,3,9H2,1-2H3. The van der Waals surface area contributed by atoms with Gasteiger partial charge in [-0.15, -0.1) is 0 Å². The second kappa shape index (κ2) is 4.48. The Balaban J connectivity index is 1.98. The zero-order valence-corrected chi connectivity index (χ0v) is 10.5. The summed E-state index contributed by atoms with van der Waals surface area (Å²) < 4.78 is 9.87. The molecule has 2 aromatic rings. The molecule has 0 atom stereocenters. The van der Waals surface area contributed by atoms with Crippen molar-refractivity contribution >= 4 is 23.3 Å². The van der Waals surface area contributed by atoms with Crippen molar-refractivity contribution in [1.82, 2.24) is 19.5 Å². The maximum absolute atomic E-state index is 5.85. The van der Waals surface area contributed by atoms with Gasteiger partial charge in [0.2, 0.25) is 5.89 Å². The summed E-state index contributed by atoms with van der Waals surface area (Å²) in [6, 6.07) is 0. The molecule has 0 aliphatic heterocycles. The van der Waals surface area contributed by atoms with Crippen LogP contribution in [0.2, 0.25) is 0 Å². The van der Waals surface area contributed by atoms with Crippen molar-refractivity contribution in [1.29, 1.82) is 0 Å². The second-order valence-electron chi connectivity index (χ2n) is 3.73. The van der Waals surface area contributed by atoms with Gasteiger partial charge in [-0.3, -0.25) is 0 Å². The molecule has 0 saturated carbocycles. The molecule has 16 heavy (non-hydrogen) atoms. The number of hydrogen-bond acceptors (Lipinski definition) is 8. The molecular weight excluding hydrogens is 246 g/mol. The summed E-state index contributed by atoms with van der Waals surface area (Å²) in [4.78, 5) is 8.26. The van der Waals surface area contributed by atoms with Crippen LogP contribution in [-0.2, 0) is 11.3 Å². The maximum atomic E-state index is 5.85. The highest BCUT2D eigenvalue weighted by atomic mass is 32.2. The van der Waals surface area contributed by atoms with Crippen LogP contribution in [0.15, 0.2) is 15.2 Å². The molecule has 0 aliphatic rings. The van der Waals surface area contributed by atoms with Gasteiger partial charge in [-0.05, 0) is 25.4 Å². The fraction of sp³-hybridized carbons (Fsp3) is 0.500. The molecule has 0 fully saturated rings. The lowest BCUT2D eigenvalue weighted by atomic mass is 10.1. The minimum Gasteiger partial charge on any atom is -0.338 e. The fourth-order valence-electron chi connectivity index (χ4n) is 0.925. The second-order valence-corrected chi connectivity index (χ2v) is 5.73. The molecule has 0 amide bonds. The summed E-state index contributed by atoms with van der Waals surface area (Å²) in [6.07, 6.45) is 1.52. The van der Waals surface area contributed by atoms with Crippen molar-refractivity contribution in [3.8, 4) is 0 Å². The van der Waals surface area contributed by atoms with Crippen LogP contribution in [0.25, 0.3) is 0 Å². The van der Waals surface area contributed by atoms with Crippen LogP contribution in [0.4, 0.5) is 0 Å². The van der Waals surface area contributed by atoms with E-state index in [-0.39, 0.29) is 0 Å². The minimum atomic E-state index is -0.574. The van der Waals surface area contributed by atoms with E-state index in [4.69, 9.17) is 10.3 Å². The Kier molecular flexibility index (Phi) is 3.22. The highest BCUT2D eigenvalue weighted by Crippen LogP contribution is 2.23. The van der Waals surface area contributed by atoms with Crippen molar-refractivity contribution in [3.05, 3.63) is 18.0 Å². The van der Waals surface area contributed by atoms with Crippen molar-refractivity contribution in [2.75, 3.05) is 0 Å². The third-order valence-corrected chi connectivity index (χ3v) is 3.49. The van der Waals surface area contributed by atoms with Gasteiger partial charge in [0.05, 0.1) is 11.3 Å². The predicted octanol–water partition coefficient (Wildman–Crippen LogP) is 1.41. The predicted molar refractivity (Wildman–Crippen MR) is 61.0 cm³/mol. The molecule has 2 N–H and O–H groups in total. The Morgan fingerprint density at radius 3 is 2.94 bits per heavy atom. The molecule has 0 radical (unpaired) electrons. The molecule has 0 aliphatic carbocycles. The lowest BCUT2D eigenvalue weighted by Gasteiger charge is -2.11. The summed E-state index contributed by atoms with van der Waals surface area (Å²) in [7, 11) is 0. The highest BCUT2D eigenvalue weighted by molar-refractivity contribution is 8.00. The highest BCUT2D eigenvalue weighted by Gasteiger charge is 2.21. The van der Waals surface area contributed by atoms with Gasteiger partial charge in [0.15, 0.2) is 10.2 Å². The Morgan fingerprint density at radius 1 is 1.56 bits per heavy atom. The van der Waals surface area contributed by atoms with Gasteiger partial charge < -0.3 is 10.3 Å². The van der Waals surface area contributed by atoms with Crippen LogP contribution >= 0.6 is 23.3 Å². The Bertz CT molecular complexity index is 447. The zero-order chi connectivity index (χ0) is 11.6. The quantitative estimate of drug-likeness (QED) is 0.828. The summed E-state index contributed by atoms with van der Waals surface area (Å²) in [5, 5.41) is 3.83. The average Bonchev–Trinajstić information content (AvgIpc) is 2.85. The molecule has 0 spiro atoms. The van der Waals surface area contributed by atoms with Crippen LogP contribution in [0.5, 0.6) is 0 Å². The summed E-state index contributed by atoms with van der Waals surface area (Å²) >= 11 is 2.85. The number of nitrogens with zero attached hydrogens (tertiary/aromatic N) is 4. The van der Waals surface area contributed by atoms with Gasteiger partial charge >= 0.3 is 0 Å². The fourth-order valence-corrected chi connectivity index (χ4v) is 2.21. The van der Waals surface area contributed by atoms with E-state index in [0.29, 0.717) is 17.5 Å². The largest absolute Gasteiger partial charge is 0.338 e. The van der Waals surface area contributed by atoms with Crippen LogP contribution in [0.1, 0.15) is 25.6 Å². The molecule has 0 bridgehead atoms. The van der Waals surface area contributed by atoms with Crippen molar-refractivity contribution in [2.24, 2.45) is 5.73 Å². The van der Waals surface area contributed by atoms with Gasteiger partial charge in [-0.25, -0.2) is 4.98 Å². The molecule has 6 nitrogen and oxygen atoms in total. The van der Waals surface area contributed by atoms with E-state index in [1.54, 1.807) is 0 Å². The first-order valence-electron chi connectivity index (χ1n) is 4.57. The molecule has 2 rings (SSSR count). The number of rotatable bonds is 4. The molecule has 0 unspecified atom stereocenters. The Labute approximate surface area is 101 Å². The molecule has 0 aromatic carbocycles. The summed E-state index contributed by atoms with van der Waals surface area (Å²) in [5.74, 6) is 1.65. The van der Waals surface area contributed by atoms with Crippen LogP contribution in [0.3, 0.4) is 0 Å². The third-order valence-electron chi connectivity index (χ3n) is 1.70. The van der Waals surface area contributed by atoms with Gasteiger partial charge in [0.1, 0.15) is 6.33 Å². The lowest BCUT2D eigenvalue weighted by molar-refractivity contribution is 0.370. The minimum absolute atomic E-state index is 0.514. The Morgan fingerprint density at radius 2 is 2.38 bits per heavy atom. The number of thioether (sulfide) groups is 1. The van der Waals surface area contributed by atoms with E-state index in [2.05, 4.69) is 19.5 Å². The van der Waals surface area contributed by atoms with E-state index < -0.39 is 5.54 Å². The third kappa shape index (κ3) is 2.77. The van der Waals surface area contributed by atoms with E-state index in [0.717, 1.165) is 4.34 Å². The first-order valence-corrected chi connectivity index (χ1v) is 6.33. The normalized spacial score (nSPS) is 11.9. The van der Waals surface area contributed by atoms with Crippen molar-refractivity contribution in [3.63, 3.8) is 0 Å². The maximum Gasteiger partial charge on any atom is 0.237 e. The monoisotopic (exact) mass is 257 g/mol.